The van der Waals surface area contributed by atoms with Gasteiger partial charge in [-0.1, -0.05) is 48.5 Å². The molecule has 1 aromatic heterocycles. The first-order valence-electron chi connectivity index (χ1n) is 7.26. The zero-order valence-electron chi connectivity index (χ0n) is 12.3. The van der Waals surface area contributed by atoms with E-state index in [1.165, 1.54) is 17.4 Å². The summed E-state index contributed by atoms with van der Waals surface area (Å²) in [6.07, 6.45) is 0.452. The number of hydrogen-bond acceptors (Lipinski definition) is 3. The first kappa shape index (κ1) is 15.4. The molecule has 0 saturated carbocycles. The van der Waals surface area contributed by atoms with E-state index in [9.17, 15) is 9.18 Å². The molecule has 0 bridgehead atoms. The molecule has 0 aliphatic heterocycles. The summed E-state index contributed by atoms with van der Waals surface area (Å²) in [4.78, 5) is 16.5. The average molecular weight is 326 g/mol. The van der Waals surface area contributed by atoms with E-state index in [-0.39, 0.29) is 11.7 Å². The van der Waals surface area contributed by atoms with Gasteiger partial charge in [-0.25, -0.2) is 9.37 Å². The van der Waals surface area contributed by atoms with E-state index >= 15 is 0 Å². The predicted molar refractivity (Wildman–Crippen MR) is 90.0 cm³/mol. The van der Waals surface area contributed by atoms with Gasteiger partial charge in [0, 0.05) is 17.5 Å². The molecule has 0 unspecified atom stereocenters. The van der Waals surface area contributed by atoms with E-state index in [1.807, 2.05) is 30.3 Å². The number of nitrogens with one attached hydrogen (secondary N) is 1. The summed E-state index contributed by atoms with van der Waals surface area (Å²) in [6.45, 7) is 0.373. The Bertz CT molecular complexity index is 802. The van der Waals surface area contributed by atoms with Crippen LogP contribution in [-0.2, 0) is 6.42 Å². The zero-order valence-corrected chi connectivity index (χ0v) is 13.1. The van der Waals surface area contributed by atoms with E-state index in [1.54, 1.807) is 23.6 Å². The van der Waals surface area contributed by atoms with Gasteiger partial charge in [0.05, 0.1) is 0 Å². The van der Waals surface area contributed by atoms with Crippen molar-refractivity contribution in [2.75, 3.05) is 6.54 Å². The minimum absolute atomic E-state index is 0.236. The molecule has 5 heteroatoms. The molecule has 1 heterocycles. The number of hydrogen-bond donors (Lipinski definition) is 1. The lowest BCUT2D eigenvalue weighted by Gasteiger charge is -2.04. The van der Waals surface area contributed by atoms with Crippen LogP contribution < -0.4 is 5.32 Å². The fraction of sp³-hybridized carbons (Fsp3) is 0.111. The van der Waals surface area contributed by atoms with E-state index in [4.69, 9.17) is 0 Å². The van der Waals surface area contributed by atoms with E-state index in [2.05, 4.69) is 10.3 Å². The van der Waals surface area contributed by atoms with Gasteiger partial charge in [0.15, 0.2) is 0 Å². The second-order valence-corrected chi connectivity index (χ2v) is 5.86. The predicted octanol–water partition coefficient (Wildman–Crippen LogP) is 3.92. The van der Waals surface area contributed by atoms with Crippen LogP contribution in [0.2, 0.25) is 0 Å². The summed E-state index contributed by atoms with van der Waals surface area (Å²) in [7, 11) is 0. The Morgan fingerprint density at radius 3 is 2.61 bits per heavy atom. The van der Waals surface area contributed by atoms with Gasteiger partial charge in [-0.2, -0.15) is 0 Å². The van der Waals surface area contributed by atoms with E-state index in [0.717, 1.165) is 10.6 Å². The van der Waals surface area contributed by atoms with Crippen LogP contribution >= 0.6 is 11.3 Å². The number of rotatable bonds is 5. The summed E-state index contributed by atoms with van der Waals surface area (Å²) in [5.41, 5.74) is 1.97. The number of amides is 1. The molecule has 0 aliphatic rings. The topological polar surface area (TPSA) is 42.0 Å². The summed E-state index contributed by atoms with van der Waals surface area (Å²) < 4.78 is 13.5. The third-order valence-corrected chi connectivity index (χ3v) is 4.29. The van der Waals surface area contributed by atoms with E-state index < -0.39 is 0 Å². The van der Waals surface area contributed by atoms with Crippen molar-refractivity contribution in [2.45, 2.75) is 6.42 Å². The largest absolute Gasteiger partial charge is 0.350 e. The van der Waals surface area contributed by atoms with Gasteiger partial charge in [0.25, 0.3) is 5.91 Å². The standard InChI is InChI=1S/C18H15FN2OS/c19-15-9-5-4-6-13(15)10-11-20-17(22)16-12-23-18(21-16)14-7-2-1-3-8-14/h1-9,12H,10-11H2,(H,20,22). The highest BCUT2D eigenvalue weighted by atomic mass is 32.1. The minimum Gasteiger partial charge on any atom is -0.350 e. The van der Waals surface area contributed by atoms with Crippen molar-refractivity contribution in [1.29, 1.82) is 0 Å². The number of nitrogens with zero attached hydrogens (tertiary/aromatic N) is 1. The second-order valence-electron chi connectivity index (χ2n) is 5.00. The van der Waals surface area contributed by atoms with Gasteiger partial charge in [0.2, 0.25) is 0 Å². The van der Waals surface area contributed by atoms with Gasteiger partial charge in [0.1, 0.15) is 16.5 Å². The highest BCUT2D eigenvalue weighted by Crippen LogP contribution is 2.23. The van der Waals surface area contributed by atoms with Crippen LogP contribution in [0.5, 0.6) is 0 Å². The maximum absolute atomic E-state index is 13.5. The molecular weight excluding hydrogens is 311 g/mol. The molecule has 116 valence electrons. The van der Waals surface area contributed by atoms with Gasteiger partial charge < -0.3 is 5.32 Å². The van der Waals surface area contributed by atoms with Gasteiger partial charge in [-0.15, -0.1) is 11.3 Å². The molecule has 0 aliphatic carbocycles. The smallest absolute Gasteiger partial charge is 0.270 e. The normalized spacial score (nSPS) is 10.5. The molecule has 0 fully saturated rings. The average Bonchev–Trinajstić information content (AvgIpc) is 3.07. The Hall–Kier alpha value is -2.53. The number of carbonyl (C=O) groups excluding carboxylic acids is 1. The van der Waals surface area contributed by atoms with Crippen LogP contribution in [0.15, 0.2) is 60.0 Å². The molecule has 23 heavy (non-hydrogen) atoms. The molecule has 3 nitrogen and oxygen atoms in total. The Kier molecular flexibility index (Phi) is 4.78. The van der Waals surface area contributed by atoms with E-state index in [0.29, 0.717) is 24.2 Å². The molecular formula is C18H15FN2OS. The monoisotopic (exact) mass is 326 g/mol. The molecule has 1 amide bonds. The molecule has 0 saturated heterocycles. The highest BCUT2D eigenvalue weighted by molar-refractivity contribution is 7.13. The number of benzene rings is 2. The van der Waals surface area contributed by atoms with Gasteiger partial charge >= 0.3 is 0 Å². The summed E-state index contributed by atoms with van der Waals surface area (Å²) in [5.74, 6) is -0.485. The lowest BCUT2D eigenvalue weighted by molar-refractivity contribution is 0.0950. The van der Waals surface area contributed by atoms with Gasteiger partial charge in [-0.05, 0) is 18.1 Å². The summed E-state index contributed by atoms with van der Waals surface area (Å²) >= 11 is 1.43. The van der Waals surface area contributed by atoms with Crippen LogP contribution in [-0.4, -0.2) is 17.4 Å². The molecule has 0 radical (unpaired) electrons. The van der Waals surface area contributed by atoms with Crippen LogP contribution in [0.3, 0.4) is 0 Å². The minimum atomic E-state index is -0.248. The molecule has 2 aromatic carbocycles. The Morgan fingerprint density at radius 1 is 1.09 bits per heavy atom. The number of aromatic nitrogens is 1. The molecule has 0 spiro atoms. The maximum atomic E-state index is 13.5. The van der Waals surface area contributed by atoms with Crippen LogP contribution in [0.4, 0.5) is 4.39 Å². The molecule has 0 atom stereocenters. The molecule has 3 aromatic rings. The Morgan fingerprint density at radius 2 is 1.83 bits per heavy atom. The third-order valence-electron chi connectivity index (χ3n) is 3.40. The quantitative estimate of drug-likeness (QED) is 0.772. The van der Waals surface area contributed by atoms with Crippen molar-refractivity contribution < 1.29 is 9.18 Å². The lowest BCUT2D eigenvalue weighted by Crippen LogP contribution is -2.26. The van der Waals surface area contributed by atoms with Crippen molar-refractivity contribution in [2.24, 2.45) is 0 Å². The van der Waals surface area contributed by atoms with Crippen molar-refractivity contribution in [3.8, 4) is 10.6 Å². The fourth-order valence-electron chi connectivity index (χ4n) is 2.19. The van der Waals surface area contributed by atoms with Crippen molar-refractivity contribution in [3.63, 3.8) is 0 Å². The lowest BCUT2D eigenvalue weighted by atomic mass is 10.1. The first-order valence-corrected chi connectivity index (χ1v) is 8.14. The number of halogens is 1. The van der Waals surface area contributed by atoms with Crippen molar-refractivity contribution in [1.82, 2.24) is 10.3 Å². The summed E-state index contributed by atoms with van der Waals surface area (Å²) in [5, 5.41) is 5.32. The van der Waals surface area contributed by atoms with Gasteiger partial charge in [-0.3, -0.25) is 4.79 Å². The highest BCUT2D eigenvalue weighted by Gasteiger charge is 2.11. The molecule has 1 N–H and O–H groups in total. The van der Waals surface area contributed by atoms with Crippen LogP contribution in [0, 0.1) is 5.82 Å². The number of carbonyl (C=O) groups is 1. The van der Waals surface area contributed by atoms with Crippen LogP contribution in [0.25, 0.3) is 10.6 Å². The number of thiazole rings is 1. The third kappa shape index (κ3) is 3.81. The Labute approximate surface area is 137 Å². The summed E-state index contributed by atoms with van der Waals surface area (Å²) in [6, 6.07) is 16.3. The maximum Gasteiger partial charge on any atom is 0.270 e. The second kappa shape index (κ2) is 7.15. The fourth-order valence-corrected chi connectivity index (χ4v) is 3.00. The van der Waals surface area contributed by atoms with Crippen LogP contribution in [0.1, 0.15) is 16.1 Å². The molecule has 3 rings (SSSR count). The Balaban J connectivity index is 1.59. The zero-order chi connectivity index (χ0) is 16.1. The van der Waals surface area contributed by atoms with Crippen molar-refractivity contribution in [3.05, 3.63) is 77.1 Å². The first-order chi connectivity index (χ1) is 11.2. The SMILES string of the molecule is O=C(NCCc1ccccc1F)c1csc(-c2ccccc2)n1. The van der Waals surface area contributed by atoms with Crippen molar-refractivity contribution >= 4 is 17.2 Å².